The van der Waals surface area contributed by atoms with Gasteiger partial charge in [0.25, 0.3) is 0 Å². The van der Waals surface area contributed by atoms with Crippen LogP contribution in [0.4, 0.5) is 101 Å². The van der Waals surface area contributed by atoms with Crippen molar-refractivity contribution in [1.29, 1.82) is 0 Å². The van der Waals surface area contributed by atoms with Gasteiger partial charge in [-0.2, -0.15) is 0 Å². The molecule has 0 amide bonds. The summed E-state index contributed by atoms with van der Waals surface area (Å²) in [5, 5.41) is 0. The minimum Gasteiger partial charge on any atom is -0.230 e. The zero-order chi connectivity index (χ0) is 60.3. The van der Waals surface area contributed by atoms with Crippen molar-refractivity contribution in [3.8, 4) is 0 Å². The maximum atomic E-state index is 9.87. The van der Waals surface area contributed by atoms with Gasteiger partial charge in [-0.15, -0.1) is 0 Å². The molecule has 0 spiro atoms. The fourth-order valence-corrected chi connectivity index (χ4v) is 8.65. The molecule has 0 atom stereocenters. The first-order valence-electron chi connectivity index (χ1n) is 23.8. The summed E-state index contributed by atoms with van der Waals surface area (Å²) in [6.45, 7) is 8.30. The molecule has 0 N–H and O–H groups in total. The number of hydrogen-bond donors (Lipinski definition) is 0. The Bertz CT molecular complexity index is 2780. The molecule has 9 rings (SSSR count). The van der Waals surface area contributed by atoms with Crippen molar-refractivity contribution in [1.82, 2.24) is 18.3 Å². The Kier molecular flexibility index (Phi) is 16.6. The summed E-state index contributed by atoms with van der Waals surface area (Å²) >= 11 is 0. The summed E-state index contributed by atoms with van der Waals surface area (Å²) in [5.74, 6) is 0. The number of nitrogens with zero attached hydrogens (tertiary/aromatic N) is 8. The van der Waals surface area contributed by atoms with Crippen molar-refractivity contribution in [2.45, 2.75) is 104 Å². The SMILES string of the molecule is F[P-](F)(F)(F)(F)F.F[P-](F)(F)(F)(F)F.F[P-](F)(F)(F)(F)F.F[P-](F)(F)(F)(F)F.c1ccc2c(c1)n1c[n+]2CCCCn2c[n+](c3ccccc32)CCCC[n+]2cn(c3ccccc32)CCCC[n+]2cn(c3ccccc32)CCCC1. The molecule has 0 radical (unpaired) electrons. The fraction of sp³-hybridized carbons (Fsp3) is 0.364. The molecule has 0 aliphatic carbocycles. The Hall–Kier alpha value is -5.20. The molecule has 36 heteroatoms. The van der Waals surface area contributed by atoms with E-state index in [1.165, 1.54) is 44.1 Å². The second-order valence-electron chi connectivity index (χ2n) is 18.6. The van der Waals surface area contributed by atoms with E-state index in [1.807, 2.05) is 0 Å². The van der Waals surface area contributed by atoms with E-state index < -0.39 is 31.2 Å². The second kappa shape index (κ2) is 20.3. The molecule has 0 unspecified atom stereocenters. The summed E-state index contributed by atoms with van der Waals surface area (Å²) in [6, 6.07) is 35.8. The van der Waals surface area contributed by atoms with Gasteiger partial charge >= 0.3 is 132 Å². The van der Waals surface area contributed by atoms with Crippen LogP contribution >= 0.6 is 31.2 Å². The summed E-state index contributed by atoms with van der Waals surface area (Å²) in [5.41, 5.74) is 10.7. The number of fused-ring (bicyclic) bond motifs is 20. The Morgan fingerprint density at radius 1 is 0.237 bits per heavy atom. The predicted octanol–water partition coefficient (Wildman–Crippen LogP) is 20.4. The number of hydrogen-bond acceptors (Lipinski definition) is 0. The van der Waals surface area contributed by atoms with E-state index in [1.54, 1.807) is 0 Å². The Morgan fingerprint density at radius 2 is 0.388 bits per heavy atom. The van der Waals surface area contributed by atoms with Crippen molar-refractivity contribution in [2.24, 2.45) is 0 Å². The van der Waals surface area contributed by atoms with Crippen LogP contribution in [0.5, 0.6) is 0 Å². The van der Waals surface area contributed by atoms with Crippen molar-refractivity contribution in [3.63, 3.8) is 0 Å². The first-order chi connectivity index (χ1) is 35.6. The van der Waals surface area contributed by atoms with Crippen molar-refractivity contribution < 1.29 is 119 Å². The maximum Gasteiger partial charge on any atom is 0.244 e. The normalized spacial score (nSPS) is 18.5. The fourth-order valence-electron chi connectivity index (χ4n) is 8.65. The monoisotopic (exact) mass is 1270 g/mol. The van der Waals surface area contributed by atoms with Gasteiger partial charge in [0.05, 0.1) is 52.4 Å². The summed E-state index contributed by atoms with van der Waals surface area (Å²) in [4.78, 5) is 0. The summed E-state index contributed by atoms with van der Waals surface area (Å²) < 4.78 is 257. The molecule has 1 aliphatic rings. The van der Waals surface area contributed by atoms with Gasteiger partial charge in [0.15, 0.2) is 44.1 Å². The molecule has 0 fully saturated rings. The van der Waals surface area contributed by atoms with Gasteiger partial charge in [0, 0.05) is 0 Å². The van der Waals surface area contributed by atoms with Crippen molar-refractivity contribution in [3.05, 3.63) is 122 Å². The number of aryl methyl sites for hydroxylation is 8. The van der Waals surface area contributed by atoms with Crippen LogP contribution in [0, 0.1) is 0 Å². The minimum absolute atomic E-state index is 1.04. The van der Waals surface area contributed by atoms with E-state index >= 15 is 0 Å². The minimum atomic E-state index is -10.7. The third-order valence-electron chi connectivity index (χ3n) is 11.3. The van der Waals surface area contributed by atoms with E-state index in [0.29, 0.717) is 0 Å². The standard InChI is InChI=1S/C44H52N8.4F6P/c1-2-18-38-37(17-1)45-25-9-10-27-47-34-49(40-20-4-3-19-39(40)47)29-13-14-31-51-36-52(44-24-8-7-23-43(44)51)32-16-15-30-50-35-48(28-12-11-26-46(38)33-45)41-21-5-6-22-42(41)50;4*1-7(2,3,4,5)6/h1-8,17-24,33-36H,9-16,25-32H2;;;;/q+4;4*-1. The quantitative estimate of drug-likeness (QED) is 0.0824. The zero-order valence-corrected chi connectivity index (χ0v) is 44.9. The van der Waals surface area contributed by atoms with Gasteiger partial charge in [0.2, 0.25) is 25.3 Å². The number of aromatic nitrogens is 8. The molecule has 5 heterocycles. The molecule has 4 aromatic heterocycles. The van der Waals surface area contributed by atoms with E-state index in [0.717, 1.165) is 104 Å². The van der Waals surface area contributed by atoms with Crippen LogP contribution in [-0.2, 0) is 52.4 Å². The number of para-hydroxylation sites is 8. The van der Waals surface area contributed by atoms with E-state index in [2.05, 4.69) is 159 Å². The van der Waals surface area contributed by atoms with Crippen LogP contribution in [0.15, 0.2) is 122 Å². The van der Waals surface area contributed by atoms with Crippen LogP contribution in [0.3, 0.4) is 0 Å². The third kappa shape index (κ3) is 28.5. The average molecular weight is 1270 g/mol. The van der Waals surface area contributed by atoms with Crippen LogP contribution in [0.2, 0.25) is 0 Å². The van der Waals surface area contributed by atoms with Gasteiger partial charge < -0.3 is 0 Å². The molecule has 1 aliphatic heterocycles. The van der Waals surface area contributed by atoms with Gasteiger partial charge in [-0.25, -0.2) is 36.5 Å². The van der Waals surface area contributed by atoms with Gasteiger partial charge in [-0.05, 0) is 99.9 Å². The second-order valence-corrected chi connectivity index (χ2v) is 26.3. The first-order valence-corrected chi connectivity index (χ1v) is 31.9. The molecule has 0 saturated carbocycles. The third-order valence-corrected chi connectivity index (χ3v) is 11.3. The summed E-state index contributed by atoms with van der Waals surface area (Å²) in [6.07, 6.45) is 18.7. The molecule has 8 aromatic rings. The number of halogens is 24. The van der Waals surface area contributed by atoms with Crippen molar-refractivity contribution in [2.75, 3.05) is 0 Å². The molecule has 80 heavy (non-hydrogen) atoms. The first kappa shape index (κ1) is 65.6. The molecular formula is C44H52F24N8P4. The molecular weight excluding hydrogens is 1220 g/mol. The van der Waals surface area contributed by atoms with E-state index in [9.17, 15) is 101 Å². The Balaban J connectivity index is 0.000000346. The summed E-state index contributed by atoms with van der Waals surface area (Å²) in [7, 11) is -42.6. The van der Waals surface area contributed by atoms with Gasteiger partial charge in [-0.1, -0.05) is 48.5 Å². The smallest absolute Gasteiger partial charge is 0.230 e. The van der Waals surface area contributed by atoms with Crippen LogP contribution in [0.25, 0.3) is 44.1 Å². The average Bonchev–Trinajstić information content (AvgIpc) is 4.00. The molecule has 4 aromatic carbocycles. The Labute approximate surface area is 438 Å². The predicted molar refractivity (Wildman–Crippen MR) is 260 cm³/mol. The Morgan fingerprint density at radius 3 is 0.575 bits per heavy atom. The van der Waals surface area contributed by atoms with Gasteiger partial charge in [0.1, 0.15) is 0 Å². The van der Waals surface area contributed by atoms with Gasteiger partial charge in [-0.3, -0.25) is 0 Å². The molecule has 0 saturated heterocycles. The number of benzene rings is 4. The number of imidazole rings is 4. The molecule has 8 nitrogen and oxygen atoms in total. The largest absolute Gasteiger partial charge is 0.244 e. The van der Waals surface area contributed by atoms with E-state index in [4.69, 9.17) is 0 Å². The maximum absolute atomic E-state index is 10.7. The van der Waals surface area contributed by atoms with Crippen LogP contribution in [-0.4, -0.2) is 18.3 Å². The molecule has 8 bridgehead atoms. The van der Waals surface area contributed by atoms with Crippen LogP contribution < -0.4 is 18.3 Å². The number of rotatable bonds is 0. The molecule has 456 valence electrons. The van der Waals surface area contributed by atoms with Crippen molar-refractivity contribution >= 4 is 75.4 Å². The van der Waals surface area contributed by atoms with E-state index in [-0.39, 0.29) is 0 Å². The zero-order valence-electron chi connectivity index (χ0n) is 41.3. The van der Waals surface area contributed by atoms with Crippen LogP contribution in [0.1, 0.15) is 51.4 Å². The topological polar surface area (TPSA) is 35.2 Å².